The number of hydrogen-bond donors (Lipinski definition) is 2. The summed E-state index contributed by atoms with van der Waals surface area (Å²) in [5.41, 5.74) is 2.90. The second-order valence-electron chi connectivity index (χ2n) is 5.69. The van der Waals surface area contributed by atoms with Crippen LogP contribution in [0.25, 0.3) is 10.9 Å². The summed E-state index contributed by atoms with van der Waals surface area (Å²) in [7, 11) is 0. The van der Waals surface area contributed by atoms with Gasteiger partial charge in [-0.3, -0.25) is 4.79 Å². The maximum atomic E-state index is 12.3. The summed E-state index contributed by atoms with van der Waals surface area (Å²) in [5.74, 6) is 0. The van der Waals surface area contributed by atoms with Crippen LogP contribution in [0, 0.1) is 6.92 Å². The largest absolute Gasteiger partial charge is 0.357 e. The minimum Gasteiger partial charge on any atom is -0.357 e. The van der Waals surface area contributed by atoms with Crippen molar-refractivity contribution in [1.82, 2.24) is 10.3 Å². The summed E-state index contributed by atoms with van der Waals surface area (Å²) >= 11 is 0. The Morgan fingerprint density at radius 1 is 1.10 bits per heavy atom. The van der Waals surface area contributed by atoms with Crippen molar-refractivity contribution in [3.05, 3.63) is 45.7 Å². The predicted octanol–water partition coefficient (Wildman–Crippen LogP) is 3.90. The fraction of sp³-hybridized carbons (Fsp3) is 0.500. The van der Waals surface area contributed by atoms with Crippen LogP contribution in [0.1, 0.15) is 50.3 Å². The Bertz CT molecular complexity index is 631. The number of aromatic amines is 1. The lowest BCUT2D eigenvalue weighted by molar-refractivity contribution is 0.579. The third-order valence-electron chi connectivity index (χ3n) is 4.01. The van der Waals surface area contributed by atoms with E-state index in [9.17, 15) is 4.79 Å². The lowest BCUT2D eigenvalue weighted by Crippen LogP contribution is -2.20. The highest BCUT2D eigenvalue weighted by molar-refractivity contribution is 5.79. The molecular formula is C18H26N2O. The molecule has 0 spiro atoms. The second-order valence-corrected chi connectivity index (χ2v) is 5.69. The van der Waals surface area contributed by atoms with Gasteiger partial charge in [0.25, 0.3) is 0 Å². The number of rotatable bonds is 8. The molecule has 1 aromatic carbocycles. The number of para-hydroxylation sites is 1. The Balaban J connectivity index is 1.93. The highest BCUT2D eigenvalue weighted by Gasteiger charge is 2.07. The summed E-state index contributed by atoms with van der Waals surface area (Å²) in [4.78, 5) is 15.7. The van der Waals surface area contributed by atoms with Crippen molar-refractivity contribution in [2.24, 2.45) is 0 Å². The average Bonchev–Trinajstić information content (AvgIpc) is 2.51. The van der Waals surface area contributed by atoms with Crippen molar-refractivity contribution in [2.45, 2.75) is 52.5 Å². The molecule has 0 aliphatic heterocycles. The maximum absolute atomic E-state index is 12.3. The number of unbranched alkanes of at least 4 members (excludes halogenated alkanes) is 4. The highest BCUT2D eigenvalue weighted by atomic mass is 16.1. The smallest absolute Gasteiger partial charge is 0.192 e. The molecule has 3 heteroatoms. The molecule has 2 N–H and O–H groups in total. The van der Waals surface area contributed by atoms with Crippen LogP contribution in [-0.4, -0.2) is 11.5 Å². The quantitative estimate of drug-likeness (QED) is 0.723. The van der Waals surface area contributed by atoms with Crippen molar-refractivity contribution in [3.8, 4) is 0 Å². The number of pyridine rings is 1. The summed E-state index contributed by atoms with van der Waals surface area (Å²) in [5, 5.41) is 4.22. The summed E-state index contributed by atoms with van der Waals surface area (Å²) in [6.45, 7) is 5.89. The van der Waals surface area contributed by atoms with Crippen molar-refractivity contribution >= 4 is 10.9 Å². The molecule has 21 heavy (non-hydrogen) atoms. The molecule has 3 nitrogen and oxygen atoms in total. The molecule has 0 bridgehead atoms. The van der Waals surface area contributed by atoms with Crippen molar-refractivity contribution in [2.75, 3.05) is 6.54 Å². The Kier molecular flexibility index (Phi) is 6.00. The van der Waals surface area contributed by atoms with Gasteiger partial charge >= 0.3 is 0 Å². The third-order valence-corrected chi connectivity index (χ3v) is 4.01. The van der Waals surface area contributed by atoms with E-state index in [1.807, 2.05) is 31.2 Å². The van der Waals surface area contributed by atoms with Crippen LogP contribution in [0.3, 0.4) is 0 Å². The first-order chi connectivity index (χ1) is 10.2. The Morgan fingerprint density at radius 2 is 1.86 bits per heavy atom. The molecule has 114 valence electrons. The van der Waals surface area contributed by atoms with Gasteiger partial charge in [-0.2, -0.15) is 0 Å². The summed E-state index contributed by atoms with van der Waals surface area (Å²) < 4.78 is 0. The zero-order valence-corrected chi connectivity index (χ0v) is 13.2. The fourth-order valence-electron chi connectivity index (χ4n) is 2.63. The van der Waals surface area contributed by atoms with Crippen molar-refractivity contribution in [3.63, 3.8) is 0 Å². The van der Waals surface area contributed by atoms with E-state index in [-0.39, 0.29) is 5.43 Å². The number of aromatic nitrogens is 1. The molecule has 2 aromatic rings. The van der Waals surface area contributed by atoms with Crippen LogP contribution >= 0.6 is 0 Å². The zero-order valence-electron chi connectivity index (χ0n) is 13.2. The van der Waals surface area contributed by atoms with E-state index < -0.39 is 0 Å². The first kappa shape index (κ1) is 15.8. The van der Waals surface area contributed by atoms with Gasteiger partial charge in [-0.25, -0.2) is 0 Å². The van der Waals surface area contributed by atoms with Gasteiger partial charge in [0.1, 0.15) is 0 Å². The molecule has 0 aliphatic rings. The lowest BCUT2D eigenvalue weighted by atomic mass is 10.1. The molecule has 0 aliphatic carbocycles. The maximum Gasteiger partial charge on any atom is 0.192 e. The van der Waals surface area contributed by atoms with Crippen LogP contribution < -0.4 is 10.7 Å². The Hall–Kier alpha value is -1.61. The van der Waals surface area contributed by atoms with Gasteiger partial charge < -0.3 is 10.3 Å². The van der Waals surface area contributed by atoms with Gasteiger partial charge in [-0.1, -0.05) is 44.7 Å². The van der Waals surface area contributed by atoms with E-state index in [4.69, 9.17) is 0 Å². The van der Waals surface area contributed by atoms with Crippen molar-refractivity contribution in [1.29, 1.82) is 0 Å². The second kappa shape index (κ2) is 7.99. The molecule has 0 amide bonds. The van der Waals surface area contributed by atoms with Gasteiger partial charge in [-0.05, 0) is 32.0 Å². The molecular weight excluding hydrogens is 260 g/mol. The van der Waals surface area contributed by atoms with Crippen LogP contribution in [0.5, 0.6) is 0 Å². The normalized spacial score (nSPS) is 11.1. The molecule has 2 rings (SSSR count). The molecule has 0 radical (unpaired) electrons. The third kappa shape index (κ3) is 4.18. The number of H-pyrrole nitrogens is 1. The molecule has 0 saturated heterocycles. The van der Waals surface area contributed by atoms with E-state index >= 15 is 0 Å². The topological polar surface area (TPSA) is 44.9 Å². The molecule has 0 atom stereocenters. The summed E-state index contributed by atoms with van der Waals surface area (Å²) in [6, 6.07) is 7.71. The number of benzene rings is 1. The van der Waals surface area contributed by atoms with E-state index in [1.54, 1.807) is 0 Å². The van der Waals surface area contributed by atoms with Crippen LogP contribution in [-0.2, 0) is 6.54 Å². The number of nitrogens with one attached hydrogen (secondary N) is 2. The van der Waals surface area contributed by atoms with Crippen LogP contribution in [0.15, 0.2) is 29.1 Å². The van der Waals surface area contributed by atoms with E-state index in [1.165, 1.54) is 32.1 Å². The SMILES string of the molecule is CCCCCCCNCc1[nH]c2ccccc2c(=O)c1C. The van der Waals surface area contributed by atoms with Crippen LogP contribution in [0.2, 0.25) is 0 Å². The van der Waals surface area contributed by atoms with E-state index in [2.05, 4.69) is 17.2 Å². The Labute approximate surface area is 126 Å². The molecule has 0 unspecified atom stereocenters. The standard InChI is InChI=1S/C18H26N2O/c1-3-4-5-6-9-12-19-13-17-14(2)18(21)15-10-7-8-11-16(15)20-17/h7-8,10-11,19H,3-6,9,12-13H2,1-2H3,(H,20,21). The van der Waals surface area contributed by atoms with Crippen LogP contribution in [0.4, 0.5) is 0 Å². The lowest BCUT2D eigenvalue weighted by Gasteiger charge is -2.09. The Morgan fingerprint density at radius 3 is 2.67 bits per heavy atom. The van der Waals surface area contributed by atoms with E-state index in [0.29, 0.717) is 0 Å². The van der Waals surface area contributed by atoms with Gasteiger partial charge in [0.15, 0.2) is 5.43 Å². The minimum atomic E-state index is 0.143. The summed E-state index contributed by atoms with van der Waals surface area (Å²) in [6.07, 6.45) is 6.43. The number of fused-ring (bicyclic) bond motifs is 1. The molecule has 1 heterocycles. The minimum absolute atomic E-state index is 0.143. The number of hydrogen-bond acceptors (Lipinski definition) is 2. The molecule has 1 aromatic heterocycles. The van der Waals surface area contributed by atoms with Gasteiger partial charge in [0.05, 0.1) is 0 Å². The fourth-order valence-corrected chi connectivity index (χ4v) is 2.63. The zero-order chi connectivity index (χ0) is 15.1. The van der Waals surface area contributed by atoms with Crippen molar-refractivity contribution < 1.29 is 0 Å². The molecule has 0 saturated carbocycles. The molecule has 0 fully saturated rings. The van der Waals surface area contributed by atoms with E-state index in [0.717, 1.165) is 35.2 Å². The highest BCUT2D eigenvalue weighted by Crippen LogP contribution is 2.10. The predicted molar refractivity (Wildman–Crippen MR) is 89.8 cm³/mol. The van der Waals surface area contributed by atoms with Gasteiger partial charge in [0, 0.05) is 28.7 Å². The monoisotopic (exact) mass is 286 g/mol. The van der Waals surface area contributed by atoms with Gasteiger partial charge in [0.2, 0.25) is 0 Å². The average molecular weight is 286 g/mol. The first-order valence-electron chi connectivity index (χ1n) is 8.05. The van der Waals surface area contributed by atoms with Gasteiger partial charge in [-0.15, -0.1) is 0 Å². The first-order valence-corrected chi connectivity index (χ1v) is 8.05.